The largest absolute Gasteiger partial charge is 0.441 e. The van der Waals surface area contributed by atoms with Crippen molar-refractivity contribution in [2.45, 2.75) is 63.1 Å². The lowest BCUT2D eigenvalue weighted by molar-refractivity contribution is -0.137. The van der Waals surface area contributed by atoms with E-state index in [9.17, 15) is 22.8 Å². The lowest BCUT2D eigenvalue weighted by Crippen LogP contribution is -2.46. The van der Waals surface area contributed by atoms with Gasteiger partial charge in [-0.3, -0.25) is 19.5 Å². The molecule has 0 bridgehead atoms. The highest BCUT2D eigenvalue weighted by atomic mass is 19.4. The number of amides is 2. The number of rotatable bonds is 8. The molecule has 1 spiro atoms. The second-order valence-electron chi connectivity index (χ2n) is 12.6. The molecule has 3 fully saturated rings. The maximum atomic E-state index is 13.1. The fourth-order valence-electron chi connectivity index (χ4n) is 6.63. The number of alkyl halides is 3. The molecule has 3 aliphatic heterocycles. The smallest absolute Gasteiger partial charge is 0.416 e. The Morgan fingerprint density at radius 1 is 0.800 bits per heavy atom. The zero-order valence-corrected chi connectivity index (χ0v) is 25.3. The van der Waals surface area contributed by atoms with Crippen molar-refractivity contribution in [1.82, 2.24) is 20.0 Å². The Balaban J connectivity index is 0.968. The summed E-state index contributed by atoms with van der Waals surface area (Å²) >= 11 is 0. The van der Waals surface area contributed by atoms with E-state index in [0.29, 0.717) is 51.1 Å². The highest BCUT2D eigenvalue weighted by Gasteiger charge is 2.46. The quantitative estimate of drug-likeness (QED) is 0.331. The van der Waals surface area contributed by atoms with Gasteiger partial charge in [-0.05, 0) is 53.8 Å². The first kappa shape index (κ1) is 31.1. The monoisotopic (exact) mass is 620 g/mol. The Hall–Kier alpha value is -3.89. The lowest BCUT2D eigenvalue weighted by Gasteiger charge is -2.37. The van der Waals surface area contributed by atoms with Gasteiger partial charge < -0.3 is 10.1 Å². The van der Waals surface area contributed by atoms with E-state index in [1.165, 1.54) is 17.7 Å². The van der Waals surface area contributed by atoms with Crippen molar-refractivity contribution in [2.24, 2.45) is 0 Å². The van der Waals surface area contributed by atoms with Gasteiger partial charge in [0.2, 0.25) is 0 Å². The SMILES string of the molecule is O=C(NC1CCN(Cc2ccccc2)CC1)c1cccc(CN2CC3(CCN(Cc4ccc(C(F)(F)F)cc4)CC3)OC2=O)c1. The number of carbonyl (C=O) groups excluding carboxylic acids is 2. The van der Waals surface area contributed by atoms with Gasteiger partial charge in [-0.15, -0.1) is 0 Å². The summed E-state index contributed by atoms with van der Waals surface area (Å²) in [6, 6.07) is 23.3. The highest BCUT2D eigenvalue weighted by molar-refractivity contribution is 5.94. The van der Waals surface area contributed by atoms with Gasteiger partial charge in [-0.1, -0.05) is 54.6 Å². The third kappa shape index (κ3) is 7.86. The summed E-state index contributed by atoms with van der Waals surface area (Å²) in [6.45, 7) is 5.54. The topological polar surface area (TPSA) is 65.1 Å². The van der Waals surface area contributed by atoms with Crippen molar-refractivity contribution in [3.05, 3.63) is 107 Å². The van der Waals surface area contributed by atoms with Crippen LogP contribution in [0.3, 0.4) is 0 Å². The molecular formula is C35H39F3N4O3. The van der Waals surface area contributed by atoms with Gasteiger partial charge in [0.15, 0.2) is 0 Å². The molecule has 3 aliphatic rings. The zero-order chi connectivity index (χ0) is 31.4. The minimum Gasteiger partial charge on any atom is -0.441 e. The van der Waals surface area contributed by atoms with Gasteiger partial charge in [0.05, 0.1) is 12.1 Å². The van der Waals surface area contributed by atoms with Crippen LogP contribution in [0.25, 0.3) is 0 Å². The predicted molar refractivity (Wildman–Crippen MR) is 164 cm³/mol. The molecular weight excluding hydrogens is 581 g/mol. The first-order chi connectivity index (χ1) is 21.6. The van der Waals surface area contributed by atoms with Crippen LogP contribution in [0.1, 0.15) is 58.3 Å². The van der Waals surface area contributed by atoms with E-state index in [2.05, 4.69) is 39.4 Å². The Morgan fingerprint density at radius 3 is 2.09 bits per heavy atom. The molecule has 0 saturated carbocycles. The van der Waals surface area contributed by atoms with Gasteiger partial charge in [0.25, 0.3) is 5.91 Å². The Kier molecular flexibility index (Phi) is 9.14. The molecule has 0 atom stereocenters. The third-order valence-electron chi connectivity index (χ3n) is 9.23. The van der Waals surface area contributed by atoms with E-state index in [1.807, 2.05) is 24.3 Å². The Labute approximate surface area is 261 Å². The molecule has 7 nitrogen and oxygen atoms in total. The molecule has 2 amide bonds. The Morgan fingerprint density at radius 2 is 1.42 bits per heavy atom. The molecule has 45 heavy (non-hydrogen) atoms. The van der Waals surface area contributed by atoms with Gasteiger partial charge in [-0.2, -0.15) is 13.2 Å². The number of nitrogens with one attached hydrogen (secondary N) is 1. The number of ether oxygens (including phenoxy) is 1. The predicted octanol–water partition coefficient (Wildman–Crippen LogP) is 6.09. The Bertz CT molecular complexity index is 1470. The van der Waals surface area contributed by atoms with E-state index >= 15 is 0 Å². The van der Waals surface area contributed by atoms with Crippen molar-refractivity contribution >= 4 is 12.0 Å². The van der Waals surface area contributed by atoms with Gasteiger partial charge in [0, 0.05) is 70.3 Å². The first-order valence-electron chi connectivity index (χ1n) is 15.7. The number of carbonyl (C=O) groups is 2. The van der Waals surface area contributed by atoms with Crippen molar-refractivity contribution in [3.63, 3.8) is 0 Å². The number of nitrogens with zero attached hydrogens (tertiary/aromatic N) is 3. The molecule has 3 aromatic rings. The van der Waals surface area contributed by atoms with Gasteiger partial charge >= 0.3 is 12.3 Å². The van der Waals surface area contributed by atoms with E-state index in [0.717, 1.165) is 55.7 Å². The summed E-state index contributed by atoms with van der Waals surface area (Å²) in [5, 5.41) is 3.20. The fraction of sp³-hybridized carbons (Fsp3) is 0.429. The summed E-state index contributed by atoms with van der Waals surface area (Å²) in [6.07, 6.45) is -1.58. The summed E-state index contributed by atoms with van der Waals surface area (Å²) in [5.74, 6) is -0.0979. The van der Waals surface area contributed by atoms with Gasteiger partial charge in [-0.25, -0.2) is 4.79 Å². The molecule has 238 valence electrons. The van der Waals surface area contributed by atoms with E-state index < -0.39 is 17.3 Å². The number of halogens is 3. The third-order valence-corrected chi connectivity index (χ3v) is 9.23. The summed E-state index contributed by atoms with van der Waals surface area (Å²) in [5.41, 5.74) is 2.35. The standard InChI is InChI=1S/C35H39F3N4O3/c36-35(37,38)30-11-9-27(10-12-30)23-41-19-15-34(16-20-41)25-42(33(44)45-34)24-28-7-4-8-29(21-28)32(43)39-31-13-17-40(18-14-31)22-26-5-2-1-3-6-26/h1-12,21,31H,13-20,22-25H2,(H,39,43). The summed E-state index contributed by atoms with van der Waals surface area (Å²) < 4.78 is 44.5. The van der Waals surface area contributed by atoms with Crippen LogP contribution in [-0.4, -0.2) is 71.1 Å². The van der Waals surface area contributed by atoms with Gasteiger partial charge in [0.1, 0.15) is 5.60 Å². The molecule has 1 N–H and O–H groups in total. The van der Waals surface area contributed by atoms with E-state index in [4.69, 9.17) is 4.74 Å². The van der Waals surface area contributed by atoms with E-state index in [-0.39, 0.29) is 18.0 Å². The molecule has 10 heteroatoms. The van der Waals surface area contributed by atoms with Crippen LogP contribution in [0.15, 0.2) is 78.9 Å². The molecule has 3 saturated heterocycles. The number of piperidine rings is 2. The highest BCUT2D eigenvalue weighted by Crippen LogP contribution is 2.35. The average molecular weight is 621 g/mol. The molecule has 0 unspecified atom stereocenters. The maximum Gasteiger partial charge on any atom is 0.416 e. The molecule has 3 aromatic carbocycles. The number of likely N-dealkylation sites (tertiary alicyclic amines) is 2. The van der Waals surface area contributed by atoms with E-state index in [1.54, 1.807) is 11.0 Å². The van der Waals surface area contributed by atoms with Crippen LogP contribution in [0, 0.1) is 0 Å². The van der Waals surface area contributed by atoms with Crippen molar-refractivity contribution in [1.29, 1.82) is 0 Å². The van der Waals surface area contributed by atoms with Crippen molar-refractivity contribution < 1.29 is 27.5 Å². The number of hydrogen-bond acceptors (Lipinski definition) is 5. The fourth-order valence-corrected chi connectivity index (χ4v) is 6.63. The minimum atomic E-state index is -4.34. The molecule has 0 aliphatic carbocycles. The first-order valence-corrected chi connectivity index (χ1v) is 15.7. The lowest BCUT2D eigenvalue weighted by atomic mass is 9.91. The van der Waals surface area contributed by atoms with Crippen LogP contribution in [-0.2, 0) is 30.5 Å². The van der Waals surface area contributed by atoms with Crippen LogP contribution in [0.2, 0.25) is 0 Å². The normalized spacial score (nSPS) is 19.5. The van der Waals surface area contributed by atoms with Crippen LogP contribution in [0.5, 0.6) is 0 Å². The van der Waals surface area contributed by atoms with Crippen molar-refractivity contribution in [2.75, 3.05) is 32.7 Å². The summed E-state index contributed by atoms with van der Waals surface area (Å²) in [7, 11) is 0. The summed E-state index contributed by atoms with van der Waals surface area (Å²) in [4.78, 5) is 32.3. The van der Waals surface area contributed by atoms with Crippen LogP contribution < -0.4 is 5.32 Å². The number of hydrogen-bond donors (Lipinski definition) is 1. The number of benzene rings is 3. The van der Waals surface area contributed by atoms with Crippen LogP contribution in [0.4, 0.5) is 18.0 Å². The molecule has 6 rings (SSSR count). The molecule has 0 radical (unpaired) electrons. The maximum absolute atomic E-state index is 13.1. The second kappa shape index (κ2) is 13.2. The van der Waals surface area contributed by atoms with Crippen LogP contribution >= 0.6 is 0 Å². The zero-order valence-electron chi connectivity index (χ0n) is 25.3. The minimum absolute atomic E-state index is 0.0979. The molecule has 0 aromatic heterocycles. The average Bonchev–Trinajstić information content (AvgIpc) is 3.33. The second-order valence-corrected chi connectivity index (χ2v) is 12.6. The van der Waals surface area contributed by atoms with Crippen molar-refractivity contribution in [3.8, 4) is 0 Å². The molecule has 3 heterocycles.